The van der Waals surface area contributed by atoms with Crippen LogP contribution in [0.15, 0.2) is 57.7 Å². The molecule has 5 N–H and O–H groups in total. The third-order valence-corrected chi connectivity index (χ3v) is 4.57. The summed E-state index contributed by atoms with van der Waals surface area (Å²) >= 11 is 0. The molecule has 0 radical (unpaired) electrons. The van der Waals surface area contributed by atoms with Gasteiger partial charge in [0.05, 0.1) is 0 Å². The van der Waals surface area contributed by atoms with E-state index in [1.165, 1.54) is 24.3 Å². The van der Waals surface area contributed by atoms with Crippen LogP contribution in [0, 0.1) is 0 Å². The van der Waals surface area contributed by atoms with Crippen molar-refractivity contribution in [1.82, 2.24) is 0 Å². The highest BCUT2D eigenvalue weighted by molar-refractivity contribution is 7.79. The molecule has 2 aromatic carbocycles. The van der Waals surface area contributed by atoms with Crippen molar-refractivity contribution < 1.29 is 37.3 Å². The van der Waals surface area contributed by atoms with Crippen molar-refractivity contribution in [3.05, 3.63) is 58.8 Å². The molecule has 1 aliphatic carbocycles. The Morgan fingerprint density at radius 3 is 1.97 bits per heavy atom. The molecule has 0 bridgehead atoms. The van der Waals surface area contributed by atoms with Crippen LogP contribution < -0.4 is 10.3 Å². The zero-order chi connectivity index (χ0) is 23.8. The predicted octanol–water partition coefficient (Wildman–Crippen LogP) is 3.09. The molecule has 168 valence electrons. The molecule has 0 saturated carbocycles. The summed E-state index contributed by atoms with van der Waals surface area (Å²) in [6.07, 6.45) is 0. The average Bonchev–Trinajstić information content (AvgIpc) is 2.68. The summed E-state index contributed by atoms with van der Waals surface area (Å²) in [5, 5.41) is 30.3. The minimum absolute atomic E-state index is 0.280. The Bertz CT molecular complexity index is 1420. The van der Waals surface area contributed by atoms with Crippen LogP contribution in [0.1, 0.15) is 0 Å². The molecule has 0 aromatic heterocycles. The SMILES string of the molecule is CN(C)c1ccc(-c2c3cc(O)c(=O)cc-3oc3cc(O)c(O)cc23)cc1.O=S(=O)(O)O. The van der Waals surface area contributed by atoms with Crippen LogP contribution >= 0.6 is 0 Å². The summed E-state index contributed by atoms with van der Waals surface area (Å²) in [6.45, 7) is 0. The van der Waals surface area contributed by atoms with E-state index in [1.807, 2.05) is 43.3 Å². The Morgan fingerprint density at radius 1 is 0.844 bits per heavy atom. The highest BCUT2D eigenvalue weighted by atomic mass is 32.3. The van der Waals surface area contributed by atoms with Crippen molar-refractivity contribution in [2.75, 3.05) is 19.0 Å². The van der Waals surface area contributed by atoms with Gasteiger partial charge in [-0.25, -0.2) is 0 Å². The smallest absolute Gasteiger partial charge is 0.394 e. The van der Waals surface area contributed by atoms with E-state index >= 15 is 0 Å². The molecule has 0 amide bonds. The second-order valence-corrected chi connectivity index (χ2v) is 7.92. The van der Waals surface area contributed by atoms with Crippen molar-refractivity contribution >= 4 is 27.1 Å². The van der Waals surface area contributed by atoms with Gasteiger partial charge >= 0.3 is 10.4 Å². The number of rotatable bonds is 2. The number of aromatic hydroxyl groups is 3. The van der Waals surface area contributed by atoms with Gasteiger partial charge in [0.25, 0.3) is 0 Å². The first-order valence-electron chi connectivity index (χ1n) is 8.98. The highest BCUT2D eigenvalue weighted by Crippen LogP contribution is 2.44. The van der Waals surface area contributed by atoms with E-state index in [0.29, 0.717) is 22.1 Å². The topological polar surface area (TPSA) is 169 Å². The molecule has 0 fully saturated rings. The molecule has 10 nitrogen and oxygen atoms in total. The Balaban J connectivity index is 0.000000523. The molecule has 1 aliphatic heterocycles. The molecule has 0 unspecified atom stereocenters. The van der Waals surface area contributed by atoms with E-state index in [1.54, 1.807) is 0 Å². The lowest BCUT2D eigenvalue weighted by molar-refractivity contribution is 0.381. The fourth-order valence-corrected chi connectivity index (χ4v) is 3.17. The Kier molecular flexibility index (Phi) is 5.99. The number of anilines is 1. The lowest BCUT2D eigenvalue weighted by Gasteiger charge is -2.17. The first-order chi connectivity index (χ1) is 14.8. The fraction of sp³-hybridized carbons (Fsp3) is 0.0952. The normalized spacial score (nSPS) is 11.2. The number of phenolic OH excluding ortho intramolecular Hbond substituents is 3. The highest BCUT2D eigenvalue weighted by Gasteiger charge is 2.20. The van der Waals surface area contributed by atoms with Gasteiger partial charge in [-0.1, -0.05) is 12.1 Å². The van der Waals surface area contributed by atoms with Gasteiger partial charge < -0.3 is 24.6 Å². The predicted molar refractivity (Wildman–Crippen MR) is 118 cm³/mol. The maximum atomic E-state index is 11.9. The largest absolute Gasteiger partial charge is 0.504 e. The monoisotopic (exact) mass is 461 g/mol. The molecule has 0 atom stereocenters. The molecule has 4 rings (SSSR count). The zero-order valence-electron chi connectivity index (χ0n) is 16.8. The lowest BCUT2D eigenvalue weighted by Crippen LogP contribution is -2.08. The van der Waals surface area contributed by atoms with E-state index in [0.717, 1.165) is 11.3 Å². The Hall–Kier alpha value is -3.80. The van der Waals surface area contributed by atoms with Gasteiger partial charge in [0, 0.05) is 48.4 Å². The van der Waals surface area contributed by atoms with Crippen molar-refractivity contribution in [2.24, 2.45) is 0 Å². The maximum absolute atomic E-state index is 11.9. The Labute approximate surface area is 182 Å². The summed E-state index contributed by atoms with van der Waals surface area (Å²) in [5.74, 6) is -0.707. The van der Waals surface area contributed by atoms with Crippen molar-refractivity contribution in [3.63, 3.8) is 0 Å². The number of nitrogens with zero attached hydrogens (tertiary/aromatic N) is 1. The second-order valence-electron chi connectivity index (χ2n) is 7.02. The third kappa shape index (κ3) is 4.91. The van der Waals surface area contributed by atoms with Crippen LogP contribution in [0.2, 0.25) is 0 Å². The Morgan fingerprint density at radius 2 is 1.41 bits per heavy atom. The molecule has 1 heterocycles. The maximum Gasteiger partial charge on any atom is 0.394 e. The van der Waals surface area contributed by atoms with Crippen LogP contribution in [0.4, 0.5) is 5.69 Å². The molecule has 0 spiro atoms. The molecule has 2 aliphatic rings. The van der Waals surface area contributed by atoms with E-state index < -0.39 is 15.8 Å². The first kappa shape index (κ1) is 22.9. The van der Waals surface area contributed by atoms with Crippen molar-refractivity contribution in [3.8, 4) is 39.7 Å². The molecule has 11 heteroatoms. The lowest BCUT2D eigenvalue weighted by atomic mass is 9.93. The van der Waals surface area contributed by atoms with Gasteiger partial charge in [-0.15, -0.1) is 0 Å². The van der Waals surface area contributed by atoms with Gasteiger partial charge in [-0.3, -0.25) is 13.9 Å². The average molecular weight is 461 g/mol. The summed E-state index contributed by atoms with van der Waals surface area (Å²) in [7, 11) is -0.786. The van der Waals surface area contributed by atoms with E-state index in [9.17, 15) is 20.1 Å². The van der Waals surface area contributed by atoms with Gasteiger partial charge in [0.15, 0.2) is 17.2 Å². The van der Waals surface area contributed by atoms with Gasteiger partial charge in [0.2, 0.25) is 5.43 Å². The molecule has 2 aromatic rings. The number of phenols is 3. The second kappa shape index (κ2) is 8.38. The minimum atomic E-state index is -4.67. The summed E-state index contributed by atoms with van der Waals surface area (Å²) in [5.41, 5.74) is 2.80. The van der Waals surface area contributed by atoms with Crippen LogP contribution in [0.25, 0.3) is 33.4 Å². The number of hydrogen-bond acceptors (Lipinski definition) is 8. The minimum Gasteiger partial charge on any atom is -0.504 e. The molecule has 0 saturated heterocycles. The number of benzene rings is 3. The zero-order valence-corrected chi connectivity index (χ0v) is 17.7. The van der Waals surface area contributed by atoms with Gasteiger partial charge in [-0.2, -0.15) is 8.42 Å². The molecular weight excluding hydrogens is 442 g/mol. The third-order valence-electron chi connectivity index (χ3n) is 4.57. The number of hydrogen-bond donors (Lipinski definition) is 5. The summed E-state index contributed by atoms with van der Waals surface area (Å²) in [6, 6.07) is 13.0. The van der Waals surface area contributed by atoms with E-state index in [-0.39, 0.29) is 23.0 Å². The van der Waals surface area contributed by atoms with E-state index in [4.69, 9.17) is 21.9 Å². The van der Waals surface area contributed by atoms with Crippen LogP contribution in [-0.4, -0.2) is 46.9 Å². The fourth-order valence-electron chi connectivity index (χ4n) is 3.17. The first-order valence-corrected chi connectivity index (χ1v) is 10.4. The molecular formula is C21H19NO9S. The summed E-state index contributed by atoms with van der Waals surface area (Å²) < 4.78 is 37.3. The van der Waals surface area contributed by atoms with Crippen LogP contribution in [0.5, 0.6) is 17.2 Å². The number of fused-ring (bicyclic) bond motifs is 2. The van der Waals surface area contributed by atoms with Gasteiger partial charge in [0.1, 0.15) is 11.3 Å². The van der Waals surface area contributed by atoms with Crippen LogP contribution in [-0.2, 0) is 10.4 Å². The van der Waals surface area contributed by atoms with Gasteiger partial charge in [-0.05, 0) is 29.8 Å². The van der Waals surface area contributed by atoms with Crippen molar-refractivity contribution in [2.45, 2.75) is 0 Å². The molecule has 32 heavy (non-hydrogen) atoms. The van der Waals surface area contributed by atoms with Crippen LogP contribution in [0.3, 0.4) is 0 Å². The van der Waals surface area contributed by atoms with E-state index in [2.05, 4.69) is 0 Å². The quantitative estimate of drug-likeness (QED) is 0.170. The standard InChI is InChI=1S/C21H17NO5.H2O4S/c1-22(2)12-5-3-11(4-6-12)21-13-7-15(23)17(25)9-19(13)27-20-10-18(26)16(24)8-14(20)21;1-5(2,3)4/h3-10,23-25H,1-2H3;(H2,1,2,3,4). The van der Waals surface area contributed by atoms with Crippen molar-refractivity contribution in [1.29, 1.82) is 0 Å². The summed E-state index contributed by atoms with van der Waals surface area (Å²) in [4.78, 5) is 13.8.